The Morgan fingerprint density at radius 2 is 2.05 bits per heavy atom. The summed E-state index contributed by atoms with van der Waals surface area (Å²) in [6.45, 7) is 12.1. The third-order valence-electron chi connectivity index (χ3n) is 5.23. The van der Waals surface area contributed by atoms with Crippen molar-refractivity contribution in [2.24, 2.45) is 0 Å². The third-order valence-corrected chi connectivity index (χ3v) is 5.23. The number of aryl methyl sites for hydroxylation is 1. The second kappa shape index (κ2) is 6.89. The average Bonchev–Trinajstić information content (AvgIpc) is 2.48. The number of hydrogen-bond donors (Lipinski definition) is 1. The van der Waals surface area contributed by atoms with Crippen molar-refractivity contribution >= 4 is 0 Å². The van der Waals surface area contributed by atoms with Gasteiger partial charge in [-0.1, -0.05) is 19.9 Å². The van der Waals surface area contributed by atoms with E-state index in [2.05, 4.69) is 31.0 Å². The van der Waals surface area contributed by atoms with Gasteiger partial charge in [0.1, 0.15) is 5.82 Å². The first-order valence-electron chi connectivity index (χ1n) is 8.24. The molecule has 1 N–H and O–H groups in total. The monoisotopic (exact) mass is 292 g/mol. The van der Waals surface area contributed by atoms with Crippen molar-refractivity contribution in [3.8, 4) is 0 Å². The number of piperazine rings is 1. The predicted octanol–water partition coefficient (Wildman–Crippen LogP) is 3.53. The molecule has 1 aromatic carbocycles. The second-order valence-corrected chi connectivity index (χ2v) is 6.51. The normalized spacial score (nSPS) is 22.4. The molecule has 2 nitrogen and oxygen atoms in total. The van der Waals surface area contributed by atoms with Crippen molar-refractivity contribution in [3.05, 3.63) is 35.1 Å². The van der Waals surface area contributed by atoms with Gasteiger partial charge in [-0.3, -0.25) is 4.90 Å². The van der Waals surface area contributed by atoms with E-state index in [-0.39, 0.29) is 11.4 Å². The first kappa shape index (κ1) is 16.4. The van der Waals surface area contributed by atoms with Crippen LogP contribution in [0, 0.1) is 12.7 Å². The fourth-order valence-corrected chi connectivity index (χ4v) is 3.32. The van der Waals surface area contributed by atoms with Crippen LogP contribution in [0.15, 0.2) is 18.2 Å². The predicted molar refractivity (Wildman–Crippen MR) is 87.2 cm³/mol. The fraction of sp³-hybridized carbons (Fsp3) is 0.667. The Bertz CT molecular complexity index is 468. The van der Waals surface area contributed by atoms with Crippen molar-refractivity contribution in [2.45, 2.75) is 58.5 Å². The van der Waals surface area contributed by atoms with Crippen LogP contribution in [0.3, 0.4) is 0 Å². The van der Waals surface area contributed by atoms with Crippen LogP contribution in [0.4, 0.5) is 4.39 Å². The van der Waals surface area contributed by atoms with Crippen LogP contribution in [-0.2, 0) is 6.42 Å². The van der Waals surface area contributed by atoms with Gasteiger partial charge >= 0.3 is 0 Å². The number of halogens is 1. The van der Waals surface area contributed by atoms with E-state index < -0.39 is 0 Å². The second-order valence-electron chi connectivity index (χ2n) is 6.51. The molecule has 0 bridgehead atoms. The Morgan fingerprint density at radius 3 is 2.67 bits per heavy atom. The summed E-state index contributed by atoms with van der Waals surface area (Å²) in [4.78, 5) is 2.59. The van der Waals surface area contributed by atoms with Gasteiger partial charge in [-0.2, -0.15) is 0 Å². The Hall–Kier alpha value is -0.930. The first-order valence-corrected chi connectivity index (χ1v) is 8.24. The SMILES string of the molecule is CCC1(CC)CN(CCc2ccc(F)cc2C)C(C)CN1. The molecule has 0 spiro atoms. The molecule has 0 amide bonds. The quantitative estimate of drug-likeness (QED) is 0.893. The molecule has 0 aromatic heterocycles. The van der Waals surface area contributed by atoms with Crippen LogP contribution in [0.2, 0.25) is 0 Å². The highest BCUT2D eigenvalue weighted by atomic mass is 19.1. The molecule has 0 aliphatic carbocycles. The molecular weight excluding hydrogens is 263 g/mol. The molecule has 3 heteroatoms. The van der Waals surface area contributed by atoms with Gasteiger partial charge in [0.15, 0.2) is 0 Å². The van der Waals surface area contributed by atoms with E-state index in [9.17, 15) is 4.39 Å². The van der Waals surface area contributed by atoms with Gasteiger partial charge < -0.3 is 5.32 Å². The van der Waals surface area contributed by atoms with Gasteiger partial charge in [-0.25, -0.2) is 4.39 Å². The van der Waals surface area contributed by atoms with E-state index in [1.165, 1.54) is 18.4 Å². The maximum Gasteiger partial charge on any atom is 0.123 e. The van der Waals surface area contributed by atoms with E-state index >= 15 is 0 Å². The summed E-state index contributed by atoms with van der Waals surface area (Å²) in [5.41, 5.74) is 2.60. The summed E-state index contributed by atoms with van der Waals surface area (Å²) in [7, 11) is 0. The minimum absolute atomic E-state index is 0.136. The zero-order valence-electron chi connectivity index (χ0n) is 13.9. The molecule has 1 heterocycles. The van der Waals surface area contributed by atoms with E-state index in [0.29, 0.717) is 6.04 Å². The maximum absolute atomic E-state index is 13.2. The molecular formula is C18H29FN2. The zero-order chi connectivity index (χ0) is 15.5. The van der Waals surface area contributed by atoms with Crippen molar-refractivity contribution < 1.29 is 4.39 Å². The lowest BCUT2D eigenvalue weighted by molar-refractivity contribution is 0.0819. The third kappa shape index (κ3) is 3.83. The smallest absolute Gasteiger partial charge is 0.123 e. The molecule has 1 saturated heterocycles. The summed E-state index contributed by atoms with van der Waals surface area (Å²) < 4.78 is 13.2. The van der Waals surface area contributed by atoms with Crippen LogP contribution in [-0.4, -0.2) is 36.1 Å². The minimum atomic E-state index is -0.136. The summed E-state index contributed by atoms with van der Waals surface area (Å²) in [5, 5.41) is 3.74. The lowest BCUT2D eigenvalue weighted by Gasteiger charge is -2.46. The molecule has 1 aromatic rings. The highest BCUT2D eigenvalue weighted by Crippen LogP contribution is 2.23. The summed E-state index contributed by atoms with van der Waals surface area (Å²) in [6.07, 6.45) is 3.34. The maximum atomic E-state index is 13.2. The number of hydrogen-bond acceptors (Lipinski definition) is 2. The van der Waals surface area contributed by atoms with Crippen LogP contribution >= 0.6 is 0 Å². The van der Waals surface area contributed by atoms with Gasteiger partial charge in [0, 0.05) is 31.2 Å². The topological polar surface area (TPSA) is 15.3 Å². The van der Waals surface area contributed by atoms with Crippen molar-refractivity contribution in [1.82, 2.24) is 10.2 Å². The summed E-state index contributed by atoms with van der Waals surface area (Å²) in [5.74, 6) is -0.136. The Morgan fingerprint density at radius 1 is 1.33 bits per heavy atom. The molecule has 2 rings (SSSR count). The highest BCUT2D eigenvalue weighted by Gasteiger charge is 2.34. The van der Waals surface area contributed by atoms with Gasteiger partial charge in [-0.15, -0.1) is 0 Å². The molecule has 1 fully saturated rings. The lowest BCUT2D eigenvalue weighted by atomic mass is 9.88. The largest absolute Gasteiger partial charge is 0.308 e. The molecule has 0 saturated carbocycles. The molecule has 1 aliphatic heterocycles. The summed E-state index contributed by atoms with van der Waals surface area (Å²) >= 11 is 0. The van der Waals surface area contributed by atoms with E-state index in [0.717, 1.165) is 31.6 Å². The number of nitrogens with zero attached hydrogens (tertiary/aromatic N) is 1. The lowest BCUT2D eigenvalue weighted by Crippen LogP contribution is -2.63. The van der Waals surface area contributed by atoms with Gasteiger partial charge in [0.25, 0.3) is 0 Å². The van der Waals surface area contributed by atoms with Crippen molar-refractivity contribution in [2.75, 3.05) is 19.6 Å². The molecule has 21 heavy (non-hydrogen) atoms. The number of rotatable bonds is 5. The minimum Gasteiger partial charge on any atom is -0.308 e. The summed E-state index contributed by atoms with van der Waals surface area (Å²) in [6, 6.07) is 5.71. The fourth-order valence-electron chi connectivity index (χ4n) is 3.32. The zero-order valence-corrected chi connectivity index (χ0v) is 13.9. The van der Waals surface area contributed by atoms with Gasteiger partial charge in [0.05, 0.1) is 0 Å². The Labute approximate surface area is 128 Å². The molecule has 118 valence electrons. The standard InChI is InChI=1S/C18H29FN2/c1-5-18(6-2)13-21(15(4)12-20-18)10-9-16-7-8-17(19)11-14(16)3/h7-8,11,15,20H,5-6,9-10,12-13H2,1-4H3. The van der Waals surface area contributed by atoms with Gasteiger partial charge in [-0.05, 0) is 56.4 Å². The van der Waals surface area contributed by atoms with E-state index in [4.69, 9.17) is 0 Å². The Balaban J connectivity index is 2.00. The van der Waals surface area contributed by atoms with E-state index in [1.54, 1.807) is 12.1 Å². The van der Waals surface area contributed by atoms with Crippen LogP contribution < -0.4 is 5.32 Å². The molecule has 1 atom stereocenters. The highest BCUT2D eigenvalue weighted by molar-refractivity contribution is 5.26. The van der Waals surface area contributed by atoms with Crippen LogP contribution in [0.25, 0.3) is 0 Å². The molecule has 1 aliphatic rings. The first-order chi connectivity index (χ1) is 9.99. The molecule has 1 unspecified atom stereocenters. The number of nitrogens with one attached hydrogen (secondary N) is 1. The average molecular weight is 292 g/mol. The van der Waals surface area contributed by atoms with E-state index in [1.807, 2.05) is 13.0 Å². The number of benzene rings is 1. The van der Waals surface area contributed by atoms with Crippen LogP contribution in [0.1, 0.15) is 44.7 Å². The van der Waals surface area contributed by atoms with Gasteiger partial charge in [0.2, 0.25) is 0 Å². The van der Waals surface area contributed by atoms with Crippen molar-refractivity contribution in [3.63, 3.8) is 0 Å². The van der Waals surface area contributed by atoms with Crippen molar-refractivity contribution in [1.29, 1.82) is 0 Å². The Kier molecular flexibility index (Phi) is 5.39. The molecule has 0 radical (unpaired) electrons. The van der Waals surface area contributed by atoms with Crippen LogP contribution in [0.5, 0.6) is 0 Å².